The molecule has 0 aliphatic carbocycles. The average molecular weight is 102 g/mol. The van der Waals surface area contributed by atoms with E-state index < -0.39 is 6.29 Å². The van der Waals surface area contributed by atoms with Crippen molar-refractivity contribution in [3.63, 3.8) is 0 Å². The molecular formula is C5H10O2. The van der Waals surface area contributed by atoms with Gasteiger partial charge in [-0.2, -0.15) is 0 Å². The van der Waals surface area contributed by atoms with Gasteiger partial charge < -0.3 is 10.2 Å². The summed E-state index contributed by atoms with van der Waals surface area (Å²) < 4.78 is 0. The van der Waals surface area contributed by atoms with Crippen LogP contribution >= 0.6 is 0 Å². The summed E-state index contributed by atoms with van der Waals surface area (Å²) in [6.07, 6.45) is -0.947. The molecule has 0 saturated heterocycles. The molecule has 2 nitrogen and oxygen atoms in total. The Hall–Kier alpha value is -0.340. The van der Waals surface area contributed by atoms with Crippen molar-refractivity contribution >= 4 is 0 Å². The zero-order valence-corrected chi connectivity index (χ0v) is 4.39. The van der Waals surface area contributed by atoms with Gasteiger partial charge >= 0.3 is 0 Å². The molecule has 0 aliphatic heterocycles. The van der Waals surface area contributed by atoms with Crippen molar-refractivity contribution in [3.05, 3.63) is 12.2 Å². The summed E-state index contributed by atoms with van der Waals surface area (Å²) in [6, 6.07) is 0. The Morgan fingerprint density at radius 3 is 2.14 bits per heavy atom. The summed E-state index contributed by atoms with van der Waals surface area (Å²) in [7, 11) is 0. The van der Waals surface area contributed by atoms with Gasteiger partial charge in [-0.25, -0.2) is 0 Å². The molecule has 0 spiro atoms. The Morgan fingerprint density at radius 2 is 2.14 bits per heavy atom. The van der Waals surface area contributed by atoms with Crippen LogP contribution in [0.2, 0.25) is 0 Å². The van der Waals surface area contributed by atoms with E-state index in [9.17, 15) is 0 Å². The maximum atomic E-state index is 8.22. The van der Waals surface area contributed by atoms with E-state index in [2.05, 4.69) is 6.58 Å². The van der Waals surface area contributed by atoms with Crippen LogP contribution in [0.1, 0.15) is 13.3 Å². The molecule has 0 aliphatic rings. The maximum Gasteiger partial charge on any atom is 0.155 e. The topological polar surface area (TPSA) is 40.5 Å². The van der Waals surface area contributed by atoms with Gasteiger partial charge in [-0.15, -0.1) is 0 Å². The Morgan fingerprint density at radius 1 is 1.71 bits per heavy atom. The SMILES string of the molecule is C=C(C)CC(O)O. The van der Waals surface area contributed by atoms with E-state index in [0.717, 1.165) is 5.57 Å². The minimum atomic E-state index is -1.22. The lowest BCUT2D eigenvalue weighted by Gasteiger charge is -1.98. The van der Waals surface area contributed by atoms with Crippen molar-refractivity contribution < 1.29 is 10.2 Å². The first kappa shape index (κ1) is 6.66. The van der Waals surface area contributed by atoms with Crippen molar-refractivity contribution in [2.24, 2.45) is 0 Å². The van der Waals surface area contributed by atoms with Crippen molar-refractivity contribution in [2.75, 3.05) is 0 Å². The Kier molecular flexibility index (Phi) is 2.64. The fourth-order valence-corrected chi connectivity index (χ4v) is 0.312. The number of aliphatic hydroxyl groups is 2. The van der Waals surface area contributed by atoms with Crippen LogP contribution in [0.15, 0.2) is 12.2 Å². The molecule has 2 heteroatoms. The van der Waals surface area contributed by atoms with Gasteiger partial charge in [-0.1, -0.05) is 12.2 Å². The third-order valence-electron chi connectivity index (χ3n) is 0.531. The smallest absolute Gasteiger partial charge is 0.155 e. The summed E-state index contributed by atoms with van der Waals surface area (Å²) in [5.41, 5.74) is 0.787. The summed E-state index contributed by atoms with van der Waals surface area (Å²) in [4.78, 5) is 0. The maximum absolute atomic E-state index is 8.22. The highest BCUT2D eigenvalue weighted by Gasteiger charge is 1.93. The normalized spacial score (nSPS) is 9.71. The molecule has 2 N–H and O–H groups in total. The predicted molar refractivity (Wildman–Crippen MR) is 27.7 cm³/mol. The molecule has 0 saturated carbocycles. The molecule has 0 aromatic carbocycles. The summed E-state index contributed by atoms with van der Waals surface area (Å²) in [5.74, 6) is 0. The molecular weight excluding hydrogens is 92.1 g/mol. The van der Waals surface area contributed by atoms with Crippen molar-refractivity contribution in [3.8, 4) is 0 Å². The fourth-order valence-electron chi connectivity index (χ4n) is 0.312. The highest BCUT2D eigenvalue weighted by molar-refractivity contribution is 4.87. The first-order chi connectivity index (χ1) is 3.13. The lowest BCUT2D eigenvalue weighted by Crippen LogP contribution is -2.02. The van der Waals surface area contributed by atoms with E-state index in [0.29, 0.717) is 0 Å². The molecule has 0 bridgehead atoms. The predicted octanol–water partition coefficient (Wildman–Crippen LogP) is 0.263. The van der Waals surface area contributed by atoms with Crippen LogP contribution in [-0.4, -0.2) is 16.5 Å². The van der Waals surface area contributed by atoms with Crippen molar-refractivity contribution in [1.82, 2.24) is 0 Å². The fraction of sp³-hybridized carbons (Fsp3) is 0.600. The molecule has 0 amide bonds. The van der Waals surface area contributed by atoms with E-state index in [1.807, 2.05) is 0 Å². The minimum Gasteiger partial charge on any atom is -0.368 e. The van der Waals surface area contributed by atoms with Crippen molar-refractivity contribution in [2.45, 2.75) is 19.6 Å². The monoisotopic (exact) mass is 102 g/mol. The number of hydrogen-bond acceptors (Lipinski definition) is 2. The van der Waals surface area contributed by atoms with E-state index in [4.69, 9.17) is 10.2 Å². The first-order valence-electron chi connectivity index (χ1n) is 2.13. The molecule has 0 atom stereocenters. The lowest BCUT2D eigenvalue weighted by atomic mass is 10.2. The number of aliphatic hydroxyl groups excluding tert-OH is 1. The Bertz CT molecular complexity index is 66.5. The molecule has 0 rings (SSSR count). The Balaban J connectivity index is 3.13. The molecule has 0 unspecified atom stereocenters. The second-order valence-electron chi connectivity index (χ2n) is 1.64. The second kappa shape index (κ2) is 2.77. The summed E-state index contributed by atoms with van der Waals surface area (Å²) >= 11 is 0. The Labute approximate surface area is 43.1 Å². The van der Waals surface area contributed by atoms with E-state index in [1.54, 1.807) is 6.92 Å². The van der Waals surface area contributed by atoms with Crippen LogP contribution in [0.3, 0.4) is 0 Å². The van der Waals surface area contributed by atoms with Gasteiger partial charge in [0.25, 0.3) is 0 Å². The van der Waals surface area contributed by atoms with Crippen LogP contribution < -0.4 is 0 Å². The quantitative estimate of drug-likeness (QED) is 0.388. The van der Waals surface area contributed by atoms with Gasteiger partial charge in [0.15, 0.2) is 6.29 Å². The van der Waals surface area contributed by atoms with Crippen molar-refractivity contribution in [1.29, 1.82) is 0 Å². The second-order valence-corrected chi connectivity index (χ2v) is 1.64. The van der Waals surface area contributed by atoms with Crippen LogP contribution in [0, 0.1) is 0 Å². The minimum absolute atomic E-state index is 0.278. The third kappa shape index (κ3) is 5.66. The van der Waals surface area contributed by atoms with Crippen LogP contribution in [0.4, 0.5) is 0 Å². The zero-order chi connectivity index (χ0) is 5.86. The standard InChI is InChI=1S/C5H10O2/c1-4(2)3-5(6)7/h5-7H,1,3H2,2H3. The van der Waals surface area contributed by atoms with E-state index >= 15 is 0 Å². The summed E-state index contributed by atoms with van der Waals surface area (Å²) in [6.45, 7) is 5.22. The molecule has 0 fully saturated rings. The van der Waals surface area contributed by atoms with Gasteiger partial charge in [0.2, 0.25) is 0 Å². The molecule has 0 aromatic heterocycles. The molecule has 0 heterocycles. The highest BCUT2D eigenvalue weighted by Crippen LogP contribution is 1.96. The average Bonchev–Trinajstić information content (AvgIpc) is 1.27. The molecule has 7 heavy (non-hydrogen) atoms. The van der Waals surface area contributed by atoms with Gasteiger partial charge in [0, 0.05) is 6.42 Å². The zero-order valence-electron chi connectivity index (χ0n) is 4.39. The van der Waals surface area contributed by atoms with Crippen LogP contribution in [0.5, 0.6) is 0 Å². The third-order valence-corrected chi connectivity index (χ3v) is 0.531. The lowest BCUT2D eigenvalue weighted by molar-refractivity contribution is -0.0379. The molecule has 0 aromatic rings. The number of rotatable bonds is 2. The largest absolute Gasteiger partial charge is 0.368 e. The number of hydrogen-bond donors (Lipinski definition) is 2. The van der Waals surface area contributed by atoms with Gasteiger partial charge in [-0.05, 0) is 6.92 Å². The highest BCUT2D eigenvalue weighted by atomic mass is 16.5. The van der Waals surface area contributed by atoms with Crippen LogP contribution in [0.25, 0.3) is 0 Å². The van der Waals surface area contributed by atoms with Gasteiger partial charge in [-0.3, -0.25) is 0 Å². The molecule has 0 radical (unpaired) electrons. The first-order valence-corrected chi connectivity index (χ1v) is 2.13. The van der Waals surface area contributed by atoms with E-state index in [1.165, 1.54) is 0 Å². The van der Waals surface area contributed by atoms with Gasteiger partial charge in [0.05, 0.1) is 0 Å². The van der Waals surface area contributed by atoms with E-state index in [-0.39, 0.29) is 6.42 Å². The summed E-state index contributed by atoms with van der Waals surface area (Å²) in [5, 5.41) is 16.4. The van der Waals surface area contributed by atoms with Crippen LogP contribution in [-0.2, 0) is 0 Å². The van der Waals surface area contributed by atoms with Gasteiger partial charge in [0.1, 0.15) is 0 Å². The molecule has 42 valence electrons.